The lowest BCUT2D eigenvalue weighted by atomic mass is 10.6. The van der Waals surface area contributed by atoms with E-state index < -0.39 is 9.24 Å². The van der Waals surface area contributed by atoms with E-state index in [9.17, 15) is 4.79 Å². The Kier molecular flexibility index (Phi) is 3.52. The van der Waals surface area contributed by atoms with Crippen molar-refractivity contribution in [2.45, 2.75) is 0 Å². The molecule has 0 aromatic carbocycles. The summed E-state index contributed by atoms with van der Waals surface area (Å²) in [5, 5.41) is 0. The molecule has 0 atom stereocenters. The van der Waals surface area contributed by atoms with E-state index in [2.05, 4.69) is 0 Å². The molecule has 0 saturated carbocycles. The number of hydrogen-bond donors (Lipinski definition) is 0. The van der Waals surface area contributed by atoms with Crippen LogP contribution in [-0.2, 0) is 4.79 Å². The fourth-order valence-electron chi connectivity index (χ4n) is 0.423. The average Bonchev–Trinajstić information content (AvgIpc) is 1.60. The normalized spacial score (nSPS) is 12.9. The number of halogens is 1. The first-order chi connectivity index (χ1) is 4.33. The van der Waals surface area contributed by atoms with E-state index in [0.717, 1.165) is 0 Å². The highest BCUT2D eigenvalue weighted by Gasteiger charge is 2.14. The zero-order valence-electron chi connectivity index (χ0n) is 6.85. The highest BCUT2D eigenvalue weighted by molar-refractivity contribution is 8.50. The highest BCUT2D eigenvalue weighted by Crippen LogP contribution is 2.44. The lowest BCUT2D eigenvalue weighted by Gasteiger charge is -2.22. The Hall–Kier alpha value is 0.110. The highest BCUT2D eigenvalue weighted by atomic mass is 35.7. The van der Waals surface area contributed by atoms with Gasteiger partial charge in [0.2, 0.25) is 5.91 Å². The molecule has 0 spiro atoms. The van der Waals surface area contributed by atoms with Gasteiger partial charge in [0.05, 0.1) is 5.75 Å². The number of rotatable bonds is 2. The second-order valence-corrected chi connectivity index (χ2v) is 8.44. The molecular formula is C6H14ClNOS. The Morgan fingerprint density at radius 3 is 2.00 bits per heavy atom. The quantitative estimate of drug-likeness (QED) is 0.632. The van der Waals surface area contributed by atoms with Gasteiger partial charge in [-0.2, -0.15) is 9.24 Å². The summed E-state index contributed by atoms with van der Waals surface area (Å²) in [6, 6.07) is 0. The minimum Gasteiger partial charge on any atom is -0.348 e. The molecule has 0 unspecified atom stereocenters. The molecule has 0 aromatic rings. The summed E-state index contributed by atoms with van der Waals surface area (Å²) in [5.41, 5.74) is 0. The third-order valence-corrected chi connectivity index (χ3v) is 2.23. The molecule has 0 aliphatic heterocycles. The maximum atomic E-state index is 11.0. The Morgan fingerprint density at radius 2 is 1.90 bits per heavy atom. The van der Waals surface area contributed by atoms with E-state index in [4.69, 9.17) is 10.7 Å². The zero-order valence-corrected chi connectivity index (χ0v) is 8.42. The van der Waals surface area contributed by atoms with E-state index in [1.807, 2.05) is 12.5 Å². The first kappa shape index (κ1) is 10.1. The minimum atomic E-state index is -1.19. The Balaban J connectivity index is 3.81. The number of carbonyl (C=O) groups is 1. The van der Waals surface area contributed by atoms with E-state index in [0.29, 0.717) is 5.75 Å². The average molecular weight is 184 g/mol. The molecule has 4 heteroatoms. The SMILES string of the molecule is CN(C)C(=O)CS(C)(C)Cl. The van der Waals surface area contributed by atoms with Crippen LogP contribution in [0.2, 0.25) is 0 Å². The van der Waals surface area contributed by atoms with Crippen LogP contribution in [0.4, 0.5) is 0 Å². The van der Waals surface area contributed by atoms with Crippen molar-refractivity contribution in [1.82, 2.24) is 4.90 Å². The topological polar surface area (TPSA) is 20.3 Å². The maximum absolute atomic E-state index is 11.0. The number of hydrogen-bond acceptors (Lipinski definition) is 1. The van der Waals surface area contributed by atoms with Crippen molar-refractivity contribution in [3.63, 3.8) is 0 Å². The molecule has 0 rings (SSSR count). The monoisotopic (exact) mass is 183 g/mol. The molecule has 2 nitrogen and oxygen atoms in total. The predicted molar refractivity (Wildman–Crippen MR) is 48.9 cm³/mol. The van der Waals surface area contributed by atoms with Crippen LogP contribution in [0, 0.1) is 0 Å². The van der Waals surface area contributed by atoms with Gasteiger partial charge in [-0.1, -0.05) is 10.7 Å². The largest absolute Gasteiger partial charge is 0.348 e. The zero-order chi connectivity index (χ0) is 8.36. The molecule has 0 aliphatic rings. The molecule has 0 aliphatic carbocycles. The molecular weight excluding hydrogens is 170 g/mol. The third-order valence-electron chi connectivity index (χ3n) is 0.966. The van der Waals surface area contributed by atoms with Crippen molar-refractivity contribution in [2.75, 3.05) is 32.4 Å². The van der Waals surface area contributed by atoms with Crippen molar-refractivity contribution in [3.05, 3.63) is 0 Å². The van der Waals surface area contributed by atoms with Gasteiger partial charge in [-0.05, 0) is 12.5 Å². The van der Waals surface area contributed by atoms with E-state index in [1.165, 1.54) is 0 Å². The van der Waals surface area contributed by atoms with Crippen LogP contribution in [0.1, 0.15) is 0 Å². The lowest BCUT2D eigenvalue weighted by Crippen LogP contribution is -2.26. The predicted octanol–water partition coefficient (Wildman–Crippen LogP) is 1.29. The first-order valence-electron chi connectivity index (χ1n) is 2.94. The van der Waals surface area contributed by atoms with Crippen molar-refractivity contribution in [1.29, 1.82) is 0 Å². The molecule has 0 aromatic heterocycles. The van der Waals surface area contributed by atoms with Crippen molar-refractivity contribution in [2.24, 2.45) is 0 Å². The fraction of sp³-hybridized carbons (Fsp3) is 0.833. The standard InChI is InChI=1S/C6H14ClNOS/c1-8(2)6(9)5-10(3,4)7/h5H2,1-4H3. The first-order valence-corrected chi connectivity index (χ1v) is 6.38. The molecule has 0 heterocycles. The summed E-state index contributed by atoms with van der Waals surface area (Å²) in [5.74, 6) is 0.580. The fourth-order valence-corrected chi connectivity index (χ4v) is 1.55. The van der Waals surface area contributed by atoms with Crippen molar-refractivity contribution in [3.8, 4) is 0 Å². The van der Waals surface area contributed by atoms with Gasteiger partial charge in [0.1, 0.15) is 0 Å². The third kappa shape index (κ3) is 4.94. The van der Waals surface area contributed by atoms with Gasteiger partial charge in [0.15, 0.2) is 0 Å². The van der Waals surface area contributed by atoms with Crippen LogP contribution in [0.15, 0.2) is 0 Å². The molecule has 0 radical (unpaired) electrons. The Bertz CT molecular complexity index is 130. The summed E-state index contributed by atoms with van der Waals surface area (Å²) >= 11 is 0. The molecule has 1 amide bonds. The van der Waals surface area contributed by atoms with Crippen LogP contribution >= 0.6 is 19.9 Å². The number of nitrogens with zero attached hydrogens (tertiary/aromatic N) is 1. The molecule has 0 fully saturated rings. The Labute approximate surface area is 68.4 Å². The van der Waals surface area contributed by atoms with Crippen LogP contribution in [0.5, 0.6) is 0 Å². The van der Waals surface area contributed by atoms with Gasteiger partial charge in [-0.25, -0.2) is 0 Å². The van der Waals surface area contributed by atoms with Crippen molar-refractivity contribution >= 4 is 25.8 Å². The smallest absolute Gasteiger partial charge is 0.231 e. The second-order valence-electron chi connectivity index (χ2n) is 2.84. The van der Waals surface area contributed by atoms with Crippen LogP contribution in [-0.4, -0.2) is 43.2 Å². The van der Waals surface area contributed by atoms with Gasteiger partial charge in [-0.3, -0.25) is 4.79 Å². The van der Waals surface area contributed by atoms with Crippen LogP contribution < -0.4 is 0 Å². The summed E-state index contributed by atoms with van der Waals surface area (Å²) in [6.07, 6.45) is 3.83. The number of amides is 1. The Morgan fingerprint density at radius 1 is 1.50 bits per heavy atom. The summed E-state index contributed by atoms with van der Waals surface area (Å²) in [7, 11) is 8.20. The second kappa shape index (κ2) is 3.49. The lowest BCUT2D eigenvalue weighted by molar-refractivity contribution is -0.125. The van der Waals surface area contributed by atoms with Crippen molar-refractivity contribution < 1.29 is 4.79 Å². The van der Waals surface area contributed by atoms with Gasteiger partial charge >= 0.3 is 0 Å². The summed E-state index contributed by atoms with van der Waals surface area (Å²) in [6.45, 7) is 0. The maximum Gasteiger partial charge on any atom is 0.231 e. The van der Waals surface area contributed by atoms with E-state index in [1.54, 1.807) is 19.0 Å². The minimum absolute atomic E-state index is 0.106. The summed E-state index contributed by atoms with van der Waals surface area (Å²) in [4.78, 5) is 12.6. The van der Waals surface area contributed by atoms with E-state index in [-0.39, 0.29) is 5.91 Å². The van der Waals surface area contributed by atoms with E-state index >= 15 is 0 Å². The van der Waals surface area contributed by atoms with Crippen LogP contribution in [0.3, 0.4) is 0 Å². The number of carbonyl (C=O) groups excluding carboxylic acids is 1. The molecule has 62 valence electrons. The van der Waals surface area contributed by atoms with Gasteiger partial charge in [0, 0.05) is 14.1 Å². The molecule has 0 saturated heterocycles. The molecule has 0 bridgehead atoms. The van der Waals surface area contributed by atoms with Gasteiger partial charge in [-0.15, -0.1) is 0 Å². The van der Waals surface area contributed by atoms with Crippen LogP contribution in [0.25, 0.3) is 0 Å². The summed E-state index contributed by atoms with van der Waals surface area (Å²) < 4.78 is 0. The van der Waals surface area contributed by atoms with Gasteiger partial charge in [0.25, 0.3) is 0 Å². The molecule has 10 heavy (non-hydrogen) atoms. The molecule has 0 N–H and O–H groups in total. The van der Waals surface area contributed by atoms with Gasteiger partial charge < -0.3 is 4.90 Å².